The number of nitrogens with zero attached hydrogens (tertiary/aromatic N) is 4. The molecule has 1 atom stereocenters. The summed E-state index contributed by atoms with van der Waals surface area (Å²) in [7, 11) is 1.84. The minimum atomic E-state index is -0.167. The maximum absolute atomic E-state index is 12.6. The Bertz CT molecular complexity index is 759. The van der Waals surface area contributed by atoms with Gasteiger partial charge in [-0.25, -0.2) is 4.98 Å². The molecule has 2 aromatic heterocycles. The lowest BCUT2D eigenvalue weighted by Crippen LogP contribution is -2.20. The molecule has 1 unspecified atom stereocenters. The molecule has 0 bridgehead atoms. The van der Waals surface area contributed by atoms with Gasteiger partial charge in [-0.2, -0.15) is 5.10 Å². The molecule has 138 valence electrons. The fraction of sp³-hybridized carbons (Fsp3) is 0.526. The summed E-state index contributed by atoms with van der Waals surface area (Å²) in [5.74, 6) is 1.78. The van der Waals surface area contributed by atoms with Crippen molar-refractivity contribution in [1.82, 2.24) is 14.8 Å². The Morgan fingerprint density at radius 2 is 2.12 bits per heavy atom. The summed E-state index contributed by atoms with van der Waals surface area (Å²) in [4.78, 5) is 19.3. The van der Waals surface area contributed by atoms with Crippen LogP contribution < -0.4 is 10.2 Å². The zero-order valence-corrected chi connectivity index (χ0v) is 15.1. The second kappa shape index (κ2) is 7.45. The molecule has 0 aromatic carbocycles. The van der Waals surface area contributed by atoms with Gasteiger partial charge in [0, 0.05) is 44.9 Å². The van der Waals surface area contributed by atoms with E-state index in [1.165, 1.54) is 12.8 Å². The first-order valence-corrected chi connectivity index (χ1v) is 9.35. The molecule has 0 radical (unpaired) electrons. The van der Waals surface area contributed by atoms with Gasteiger partial charge in [-0.3, -0.25) is 9.48 Å². The van der Waals surface area contributed by atoms with Gasteiger partial charge in [-0.05, 0) is 37.8 Å². The monoisotopic (exact) mass is 355 g/mol. The second-order valence-corrected chi connectivity index (χ2v) is 7.05. The molecule has 2 fully saturated rings. The third-order valence-electron chi connectivity index (χ3n) is 5.16. The average molecular weight is 355 g/mol. The topological polar surface area (TPSA) is 72.3 Å². The van der Waals surface area contributed by atoms with Crippen molar-refractivity contribution in [3.8, 4) is 0 Å². The third-order valence-corrected chi connectivity index (χ3v) is 5.16. The highest BCUT2D eigenvalue weighted by Gasteiger charge is 2.21. The van der Waals surface area contributed by atoms with E-state index in [-0.39, 0.29) is 5.91 Å². The van der Waals surface area contributed by atoms with E-state index < -0.39 is 0 Å². The van der Waals surface area contributed by atoms with Gasteiger partial charge in [0.15, 0.2) is 0 Å². The van der Waals surface area contributed by atoms with Crippen LogP contribution in [-0.4, -0.2) is 47.0 Å². The van der Waals surface area contributed by atoms with E-state index in [9.17, 15) is 4.79 Å². The van der Waals surface area contributed by atoms with Crippen LogP contribution in [0.2, 0.25) is 0 Å². The van der Waals surface area contributed by atoms with E-state index >= 15 is 0 Å². The van der Waals surface area contributed by atoms with Crippen molar-refractivity contribution in [3.05, 3.63) is 35.7 Å². The smallest absolute Gasteiger partial charge is 0.258 e. The molecule has 4 heterocycles. The quantitative estimate of drug-likeness (QED) is 0.913. The molecule has 1 amide bonds. The van der Waals surface area contributed by atoms with Gasteiger partial charge in [0.05, 0.1) is 17.9 Å². The second-order valence-electron chi connectivity index (χ2n) is 7.05. The van der Waals surface area contributed by atoms with Gasteiger partial charge in [-0.1, -0.05) is 0 Å². The molecule has 4 rings (SSSR count). The van der Waals surface area contributed by atoms with E-state index in [4.69, 9.17) is 4.74 Å². The van der Waals surface area contributed by atoms with Crippen molar-refractivity contribution in [1.29, 1.82) is 0 Å². The lowest BCUT2D eigenvalue weighted by Gasteiger charge is -2.19. The number of nitrogens with one attached hydrogen (secondary N) is 1. The first-order valence-electron chi connectivity index (χ1n) is 9.35. The summed E-state index contributed by atoms with van der Waals surface area (Å²) >= 11 is 0. The van der Waals surface area contributed by atoms with Crippen LogP contribution in [0.4, 0.5) is 11.6 Å². The Balaban J connectivity index is 1.43. The highest BCUT2D eigenvalue weighted by atomic mass is 16.5. The summed E-state index contributed by atoms with van der Waals surface area (Å²) in [5.41, 5.74) is 1.53. The van der Waals surface area contributed by atoms with Crippen LogP contribution in [0.1, 0.15) is 47.7 Å². The lowest BCUT2D eigenvalue weighted by molar-refractivity contribution is 0.0791. The minimum absolute atomic E-state index is 0.167. The van der Waals surface area contributed by atoms with Gasteiger partial charge >= 0.3 is 0 Å². The Morgan fingerprint density at radius 3 is 2.81 bits per heavy atom. The highest BCUT2D eigenvalue weighted by molar-refractivity contribution is 6.03. The Morgan fingerprint density at radius 1 is 1.27 bits per heavy atom. The molecular weight excluding hydrogens is 330 g/mol. The predicted molar refractivity (Wildman–Crippen MR) is 99.6 cm³/mol. The molecule has 0 spiro atoms. The third kappa shape index (κ3) is 3.58. The maximum atomic E-state index is 12.6. The fourth-order valence-corrected chi connectivity index (χ4v) is 3.62. The van der Waals surface area contributed by atoms with Crippen LogP contribution in [0.5, 0.6) is 0 Å². The number of amides is 1. The van der Waals surface area contributed by atoms with E-state index in [0.29, 0.717) is 23.9 Å². The SMILES string of the molecule is Cn1nc(C2CCCOC2)cc1NC(=O)c1ccc(N2CCCC2)nc1. The molecular formula is C19H25N5O2. The minimum Gasteiger partial charge on any atom is -0.381 e. The summed E-state index contributed by atoms with van der Waals surface area (Å²) in [6.45, 7) is 3.61. The van der Waals surface area contributed by atoms with Crippen LogP contribution in [0.3, 0.4) is 0 Å². The average Bonchev–Trinajstić information content (AvgIpc) is 3.33. The van der Waals surface area contributed by atoms with E-state index in [0.717, 1.165) is 44.0 Å². The van der Waals surface area contributed by atoms with Crippen molar-refractivity contribution in [2.24, 2.45) is 7.05 Å². The molecule has 0 aliphatic carbocycles. The number of carbonyl (C=O) groups is 1. The standard InChI is InChI=1S/C19H25N5O2/c1-23-18(11-16(22-23)15-5-4-10-26-13-15)21-19(25)14-6-7-17(20-12-14)24-8-2-3-9-24/h6-7,11-12,15H,2-5,8-10,13H2,1H3,(H,21,25). The number of anilines is 2. The van der Waals surface area contributed by atoms with Crippen LogP contribution >= 0.6 is 0 Å². The largest absolute Gasteiger partial charge is 0.381 e. The van der Waals surface area contributed by atoms with E-state index in [1.807, 2.05) is 25.2 Å². The van der Waals surface area contributed by atoms with Gasteiger partial charge in [0.1, 0.15) is 11.6 Å². The van der Waals surface area contributed by atoms with Crippen LogP contribution in [-0.2, 0) is 11.8 Å². The number of rotatable bonds is 4. The number of hydrogen-bond acceptors (Lipinski definition) is 5. The van der Waals surface area contributed by atoms with Crippen LogP contribution in [0.25, 0.3) is 0 Å². The summed E-state index contributed by atoms with van der Waals surface area (Å²) in [6.07, 6.45) is 6.19. The van der Waals surface area contributed by atoms with Crippen molar-refractivity contribution in [2.75, 3.05) is 36.5 Å². The molecule has 26 heavy (non-hydrogen) atoms. The molecule has 2 aliphatic heterocycles. The molecule has 0 saturated carbocycles. The Labute approximate surface area is 153 Å². The first-order chi connectivity index (χ1) is 12.7. The van der Waals surface area contributed by atoms with Crippen molar-refractivity contribution in [2.45, 2.75) is 31.6 Å². The molecule has 7 nitrogen and oxygen atoms in total. The number of carbonyl (C=O) groups excluding carboxylic acids is 1. The van der Waals surface area contributed by atoms with Crippen molar-refractivity contribution >= 4 is 17.5 Å². The predicted octanol–water partition coefficient (Wildman–Crippen LogP) is 2.56. The summed E-state index contributed by atoms with van der Waals surface area (Å²) < 4.78 is 7.26. The number of hydrogen-bond donors (Lipinski definition) is 1. The van der Waals surface area contributed by atoms with Gasteiger partial charge in [0.2, 0.25) is 0 Å². The molecule has 7 heteroatoms. The molecule has 2 aromatic rings. The summed E-state index contributed by atoms with van der Waals surface area (Å²) in [6, 6.07) is 5.71. The van der Waals surface area contributed by atoms with Crippen molar-refractivity contribution < 1.29 is 9.53 Å². The molecule has 2 aliphatic rings. The van der Waals surface area contributed by atoms with Gasteiger partial charge in [-0.15, -0.1) is 0 Å². The number of aromatic nitrogens is 3. The van der Waals surface area contributed by atoms with Gasteiger partial charge in [0.25, 0.3) is 5.91 Å². The maximum Gasteiger partial charge on any atom is 0.258 e. The number of aryl methyl sites for hydroxylation is 1. The van der Waals surface area contributed by atoms with E-state index in [2.05, 4.69) is 20.3 Å². The summed E-state index contributed by atoms with van der Waals surface area (Å²) in [5, 5.41) is 7.49. The number of ether oxygens (including phenoxy) is 1. The molecule has 1 N–H and O–H groups in total. The van der Waals surface area contributed by atoms with E-state index in [1.54, 1.807) is 10.9 Å². The number of pyridine rings is 1. The highest BCUT2D eigenvalue weighted by Crippen LogP contribution is 2.26. The zero-order valence-electron chi connectivity index (χ0n) is 15.1. The lowest BCUT2D eigenvalue weighted by atomic mass is 9.99. The Kier molecular flexibility index (Phi) is 4.88. The fourth-order valence-electron chi connectivity index (χ4n) is 3.62. The van der Waals surface area contributed by atoms with Crippen LogP contribution in [0.15, 0.2) is 24.4 Å². The van der Waals surface area contributed by atoms with Gasteiger partial charge < -0.3 is 15.0 Å². The Hall–Kier alpha value is -2.41. The molecule has 2 saturated heterocycles. The normalized spacial score (nSPS) is 20.3. The van der Waals surface area contributed by atoms with Crippen molar-refractivity contribution in [3.63, 3.8) is 0 Å². The first kappa shape index (κ1) is 17.0. The zero-order chi connectivity index (χ0) is 17.9. The van der Waals surface area contributed by atoms with Crippen LogP contribution in [0, 0.1) is 0 Å².